The second-order valence-electron chi connectivity index (χ2n) is 22.7. The van der Waals surface area contributed by atoms with Crippen molar-refractivity contribution in [2.75, 3.05) is 34.4 Å². The van der Waals surface area contributed by atoms with Crippen LogP contribution in [-0.2, 0) is 65.4 Å². The molecule has 19 heteroatoms. The molecule has 0 aromatic carbocycles. The maximum atomic E-state index is 14.6. The molecular weight excluding hydrogens is 1000 g/mol. The lowest BCUT2D eigenvalue weighted by Gasteiger charge is -2.42. The van der Waals surface area contributed by atoms with Gasteiger partial charge in [0.1, 0.15) is 42.1 Å². The summed E-state index contributed by atoms with van der Waals surface area (Å²) in [5.74, 6) is -7.75. The molecule has 1 aliphatic carbocycles. The van der Waals surface area contributed by atoms with Crippen molar-refractivity contribution in [2.45, 2.75) is 199 Å². The van der Waals surface area contributed by atoms with Gasteiger partial charge in [0.2, 0.25) is 5.79 Å². The number of hydrogen-bond acceptors (Lipinski definition) is 17. The number of ether oxygens (including phenoxy) is 6. The Hall–Kier alpha value is -5.02. The lowest BCUT2D eigenvalue weighted by Crippen LogP contribution is -2.61. The van der Waals surface area contributed by atoms with Crippen LogP contribution in [0.4, 0.5) is 4.79 Å². The number of methoxy groups -OCH3 is 3. The molecule has 432 valence electrons. The summed E-state index contributed by atoms with van der Waals surface area (Å²) in [7, 11) is 4.49. The fraction of sp³-hybridized carbons (Fsp3) is 0.695. The molecule has 3 fully saturated rings. The number of Topliss-reactive ketones (excluding diaryl/α,β-unsaturated/α-hetero) is 3. The Morgan fingerprint density at radius 2 is 1.64 bits per heavy atom. The number of rotatable bonds is 7. The third kappa shape index (κ3) is 15.7. The van der Waals surface area contributed by atoms with Gasteiger partial charge in [-0.3, -0.25) is 19.2 Å². The lowest BCUT2D eigenvalue weighted by molar-refractivity contribution is -0.265. The Kier molecular flexibility index (Phi) is 22.6. The van der Waals surface area contributed by atoms with Crippen molar-refractivity contribution in [3.8, 4) is 0 Å². The van der Waals surface area contributed by atoms with Gasteiger partial charge in [-0.25, -0.2) is 19.6 Å². The average Bonchev–Trinajstić information content (AvgIpc) is 3.56. The van der Waals surface area contributed by atoms with Gasteiger partial charge in [0.15, 0.2) is 5.78 Å². The van der Waals surface area contributed by atoms with Crippen molar-refractivity contribution in [1.82, 2.24) is 19.8 Å². The highest BCUT2D eigenvalue weighted by Crippen LogP contribution is 2.38. The van der Waals surface area contributed by atoms with Crippen molar-refractivity contribution in [2.24, 2.45) is 35.3 Å². The van der Waals surface area contributed by atoms with Crippen molar-refractivity contribution in [3.05, 3.63) is 70.9 Å². The summed E-state index contributed by atoms with van der Waals surface area (Å²) < 4.78 is 35.9. The molecule has 6 rings (SSSR count). The minimum atomic E-state index is -2.48. The molecule has 5 heterocycles. The molecule has 78 heavy (non-hydrogen) atoms. The smallest absolute Gasteiger partial charge is 0.410 e. The topological polar surface area (TPSA) is 257 Å². The van der Waals surface area contributed by atoms with E-state index in [1.807, 2.05) is 51.2 Å². The van der Waals surface area contributed by atoms with Gasteiger partial charge in [0.05, 0.1) is 30.6 Å². The van der Waals surface area contributed by atoms with E-state index in [2.05, 4.69) is 9.97 Å². The molecule has 2 saturated heterocycles. The van der Waals surface area contributed by atoms with Gasteiger partial charge in [-0.15, -0.1) is 0 Å². The van der Waals surface area contributed by atoms with Crippen molar-refractivity contribution >= 4 is 35.3 Å². The Labute approximate surface area is 460 Å². The average molecular weight is 1090 g/mol. The van der Waals surface area contributed by atoms with Gasteiger partial charge < -0.3 is 54.2 Å². The monoisotopic (exact) mass is 1090 g/mol. The first-order valence-corrected chi connectivity index (χ1v) is 28.1. The number of nitrogens with zero attached hydrogens (tertiary/aromatic N) is 4. The number of allylic oxidation sites excluding steroid dienone is 6. The molecule has 15 atom stereocenters. The van der Waals surface area contributed by atoms with E-state index in [-0.39, 0.29) is 55.6 Å². The zero-order valence-electron chi connectivity index (χ0n) is 47.6. The number of nitrogens with two attached hydrogens (primary N) is 1. The molecule has 5 aliphatic rings. The van der Waals surface area contributed by atoms with Crippen LogP contribution in [0.25, 0.3) is 0 Å². The van der Waals surface area contributed by atoms with Crippen molar-refractivity contribution in [1.29, 1.82) is 0 Å². The Morgan fingerprint density at radius 1 is 0.885 bits per heavy atom. The summed E-state index contributed by atoms with van der Waals surface area (Å²) >= 11 is 0. The van der Waals surface area contributed by atoms with E-state index < -0.39 is 102 Å². The van der Waals surface area contributed by atoms with Crippen LogP contribution in [0.1, 0.15) is 136 Å². The maximum Gasteiger partial charge on any atom is 0.410 e. The Bertz CT molecular complexity index is 2410. The van der Waals surface area contributed by atoms with Crippen LogP contribution in [0.15, 0.2) is 53.8 Å². The molecule has 1 aromatic heterocycles. The zero-order chi connectivity index (χ0) is 57.0. The first kappa shape index (κ1) is 62.2. The van der Waals surface area contributed by atoms with Crippen molar-refractivity contribution < 1.29 is 67.4 Å². The predicted molar refractivity (Wildman–Crippen MR) is 289 cm³/mol. The molecule has 0 unspecified atom stereocenters. The number of aryl methyl sites for hydroxylation is 1. The van der Waals surface area contributed by atoms with Gasteiger partial charge in [-0.2, -0.15) is 0 Å². The quantitative estimate of drug-likeness (QED) is 0.157. The summed E-state index contributed by atoms with van der Waals surface area (Å²) in [4.78, 5) is 96.6. The number of carbonyl (C=O) groups is 6. The fourth-order valence-electron chi connectivity index (χ4n) is 11.8. The standard InChI is InChI=1S/C59H87N5O14/c1-34-16-12-11-13-17-35(2)49(73-8)30-43-21-19-39(6)59(72,78-43)55(68)56(69)64-24-15-14-18-46(64)57(70)76-50(31-47(65)36(3)27-38(5)53(67)54(75-10)52(66)37(4)26-34)44(60)28-41-20-22-48(51(29-41)74-9)77-58(71)63-25-23-45-42(33-63)32-61-40(7)62-45/h11-13,16-17,27,32,34,36-37,39,41,43-44,46,48-51,53-54,67,72H,14-15,18-26,28-31,33,60H2,1-10H3/b13-11+,16-12+,35-17+,38-27+/t34-,36-,37-,39-,41+,43+,44-,46+,48-,49+,50+,51-,53-,54+,59-/m1/s1. The lowest BCUT2D eigenvalue weighted by atomic mass is 9.80. The summed E-state index contributed by atoms with van der Waals surface area (Å²) in [6, 6.07) is -2.14. The van der Waals surface area contributed by atoms with E-state index in [0.717, 1.165) is 21.7 Å². The number of aliphatic hydroxyl groups excluding tert-OH is 1. The predicted octanol–water partition coefficient (Wildman–Crippen LogP) is 6.17. The third-order valence-electron chi connectivity index (χ3n) is 16.8. The maximum absolute atomic E-state index is 14.6. The second kappa shape index (κ2) is 28.4. The largest absolute Gasteiger partial charge is 0.459 e. The first-order valence-electron chi connectivity index (χ1n) is 28.1. The highest BCUT2D eigenvalue weighted by molar-refractivity contribution is 6.39. The molecule has 4 aliphatic heterocycles. The summed E-state index contributed by atoms with van der Waals surface area (Å²) in [6.45, 7) is 13.3. The number of aliphatic hydroxyl groups is 2. The second-order valence-corrected chi connectivity index (χ2v) is 22.7. The van der Waals surface area contributed by atoms with Crippen molar-refractivity contribution in [3.63, 3.8) is 0 Å². The number of ketones is 3. The van der Waals surface area contributed by atoms with E-state index in [4.69, 9.17) is 34.2 Å². The molecule has 19 nitrogen and oxygen atoms in total. The zero-order valence-corrected chi connectivity index (χ0v) is 47.6. The number of esters is 1. The van der Waals surface area contributed by atoms with Gasteiger partial charge in [0, 0.05) is 89.2 Å². The van der Waals surface area contributed by atoms with E-state index in [9.17, 15) is 39.0 Å². The molecule has 2 amide bonds. The van der Waals surface area contributed by atoms with Crippen LogP contribution in [0, 0.1) is 36.5 Å². The number of piperidine rings is 1. The molecule has 2 bridgehead atoms. The number of cyclic esters (lactones) is 1. The summed E-state index contributed by atoms with van der Waals surface area (Å²) in [6.07, 6.45) is 11.3. The van der Waals surface area contributed by atoms with Gasteiger partial charge in [-0.05, 0) is 108 Å². The number of hydrogen-bond donors (Lipinski definition) is 3. The van der Waals surface area contributed by atoms with Gasteiger partial charge >= 0.3 is 12.1 Å². The number of fused-ring (bicyclic) bond motifs is 4. The minimum absolute atomic E-state index is 0.00927. The molecule has 1 aromatic rings. The molecular formula is C59H87N5O14. The van der Waals surface area contributed by atoms with E-state index in [1.165, 1.54) is 7.11 Å². The Morgan fingerprint density at radius 3 is 2.36 bits per heavy atom. The third-order valence-corrected chi connectivity index (χ3v) is 16.8. The van der Waals surface area contributed by atoms with E-state index in [1.54, 1.807) is 59.1 Å². The van der Waals surface area contributed by atoms with Crippen LogP contribution < -0.4 is 5.73 Å². The number of carbonyl (C=O) groups excluding carboxylic acids is 6. The summed E-state index contributed by atoms with van der Waals surface area (Å²) in [5, 5.41) is 23.6. The van der Waals surface area contributed by atoms with E-state index >= 15 is 0 Å². The van der Waals surface area contributed by atoms with E-state index in [0.29, 0.717) is 82.3 Å². The van der Waals surface area contributed by atoms with Gasteiger partial charge in [0.25, 0.3) is 11.7 Å². The van der Waals surface area contributed by atoms with Crippen LogP contribution in [0.2, 0.25) is 0 Å². The normalized spacial score (nSPS) is 36.4. The Balaban J connectivity index is 1.25. The number of amides is 2. The summed E-state index contributed by atoms with van der Waals surface area (Å²) in [5.41, 5.74) is 10.0. The molecule has 4 N–H and O–H groups in total. The number of aromatic nitrogens is 2. The van der Waals surface area contributed by atoms with Gasteiger partial charge in [-0.1, -0.05) is 64.2 Å². The van der Waals surface area contributed by atoms with Crippen LogP contribution in [0.3, 0.4) is 0 Å². The minimum Gasteiger partial charge on any atom is -0.459 e. The van der Waals surface area contributed by atoms with Crippen LogP contribution in [0.5, 0.6) is 0 Å². The SMILES string of the molecule is CO[C@H]1C[C@@H]2CC[C@@H](C)[C@@](O)(O2)C(=O)C(=O)N2CCCC[C@H]2C(=O)O[C@H]([C@H](N)C[C@@H]2CC[C@@H](OC(=O)N3CCc4nc(C)ncc4C3)[C@H](OC)C2)CC(=O)[C@H](C)/C=C(\C)[C@@H](O)[C@@H](OC)C(=O)[C@H](C)C[C@H](C)/C=C/C=C/C=C/1C. The van der Waals surface area contributed by atoms with Crippen LogP contribution >= 0.6 is 0 Å². The molecule has 0 radical (unpaired) electrons. The first-order chi connectivity index (χ1) is 37.1. The van der Waals surface area contributed by atoms with Crippen LogP contribution in [-0.4, -0.2) is 160 Å². The highest BCUT2D eigenvalue weighted by atomic mass is 16.6. The molecule has 0 spiro atoms. The molecule has 1 saturated carbocycles. The highest BCUT2D eigenvalue weighted by Gasteiger charge is 2.53. The fourth-order valence-corrected chi connectivity index (χ4v) is 11.8.